The number of benzene rings is 2. The van der Waals surface area contributed by atoms with Gasteiger partial charge in [0.2, 0.25) is 5.01 Å². The lowest BCUT2D eigenvalue weighted by Gasteiger charge is -2.14. The third-order valence-corrected chi connectivity index (χ3v) is 5.38. The van der Waals surface area contributed by atoms with E-state index in [1.54, 1.807) is 36.6 Å². The van der Waals surface area contributed by atoms with Gasteiger partial charge in [0.25, 0.3) is 11.8 Å². The van der Waals surface area contributed by atoms with Gasteiger partial charge in [-0.3, -0.25) is 9.59 Å². The quantitative estimate of drug-likeness (QED) is 0.430. The summed E-state index contributed by atoms with van der Waals surface area (Å²) in [6.07, 6.45) is 0. The Labute approximate surface area is 181 Å². The molecule has 1 aliphatic rings. The summed E-state index contributed by atoms with van der Waals surface area (Å²) in [5.74, 6) is -1.93. The van der Waals surface area contributed by atoms with Crippen LogP contribution in [0.1, 0.15) is 53.5 Å². The van der Waals surface area contributed by atoms with Crippen LogP contribution in [0.4, 0.5) is 5.69 Å². The first-order valence-corrected chi connectivity index (χ1v) is 10.2. The molecule has 0 bridgehead atoms. The van der Waals surface area contributed by atoms with Crippen LogP contribution in [0.3, 0.4) is 0 Å². The number of rotatable bonds is 6. The number of nitrogens with zero attached hydrogens (tertiary/aromatic N) is 2. The molecule has 9 heteroatoms. The van der Waals surface area contributed by atoms with Gasteiger partial charge in [0.05, 0.1) is 34.7 Å². The summed E-state index contributed by atoms with van der Waals surface area (Å²) in [6.45, 7) is 1.85. The molecule has 0 fully saturated rings. The Morgan fingerprint density at radius 3 is 2.19 bits per heavy atom. The van der Waals surface area contributed by atoms with Crippen molar-refractivity contribution in [2.75, 3.05) is 11.5 Å². The van der Waals surface area contributed by atoms with Crippen molar-refractivity contribution in [3.8, 4) is 0 Å². The average Bonchev–Trinajstić information content (AvgIpc) is 3.36. The molecule has 8 nitrogen and oxygen atoms in total. The van der Waals surface area contributed by atoms with E-state index in [0.717, 1.165) is 16.2 Å². The molecule has 2 amide bonds. The maximum atomic E-state index is 12.6. The molecule has 0 aliphatic carbocycles. The fraction of sp³-hybridized carbons (Fsp3) is 0.136. The van der Waals surface area contributed by atoms with E-state index in [9.17, 15) is 19.2 Å². The van der Waals surface area contributed by atoms with Gasteiger partial charge in [-0.05, 0) is 43.3 Å². The van der Waals surface area contributed by atoms with Crippen molar-refractivity contribution in [1.82, 2.24) is 4.98 Å². The Bertz CT molecular complexity index is 1150. The van der Waals surface area contributed by atoms with Crippen LogP contribution in [-0.4, -0.2) is 35.3 Å². The molecule has 4 rings (SSSR count). The Kier molecular flexibility index (Phi) is 5.59. The minimum Gasteiger partial charge on any atom is -0.461 e. The Morgan fingerprint density at radius 2 is 1.58 bits per heavy atom. The summed E-state index contributed by atoms with van der Waals surface area (Å²) in [5.41, 5.74) is 1.74. The van der Waals surface area contributed by atoms with Crippen LogP contribution in [0.15, 0.2) is 53.9 Å². The molecule has 0 atom stereocenters. The third kappa shape index (κ3) is 3.95. The van der Waals surface area contributed by atoms with Crippen molar-refractivity contribution in [2.45, 2.75) is 13.5 Å². The molecule has 2 heterocycles. The maximum Gasteiger partial charge on any atom is 0.367 e. The maximum absolute atomic E-state index is 12.6. The number of imide groups is 1. The minimum absolute atomic E-state index is 0.102. The Morgan fingerprint density at radius 1 is 0.935 bits per heavy atom. The first-order valence-electron chi connectivity index (χ1n) is 9.36. The number of amides is 2. The fourth-order valence-electron chi connectivity index (χ4n) is 3.05. The predicted molar refractivity (Wildman–Crippen MR) is 111 cm³/mol. The van der Waals surface area contributed by atoms with Crippen LogP contribution in [0.2, 0.25) is 0 Å². The number of esters is 2. The second-order valence-electron chi connectivity index (χ2n) is 6.48. The van der Waals surface area contributed by atoms with E-state index in [-0.39, 0.29) is 23.8 Å². The minimum atomic E-state index is -0.598. The first-order chi connectivity index (χ1) is 15.0. The van der Waals surface area contributed by atoms with E-state index in [1.807, 2.05) is 0 Å². The van der Waals surface area contributed by atoms with E-state index in [0.29, 0.717) is 22.5 Å². The molecule has 3 aromatic rings. The second kappa shape index (κ2) is 8.49. The summed E-state index contributed by atoms with van der Waals surface area (Å²) in [7, 11) is 0. The highest BCUT2D eigenvalue weighted by Crippen LogP contribution is 2.28. The number of aromatic nitrogens is 1. The van der Waals surface area contributed by atoms with Crippen LogP contribution in [0.5, 0.6) is 0 Å². The zero-order valence-corrected chi connectivity index (χ0v) is 17.2. The van der Waals surface area contributed by atoms with Crippen LogP contribution in [0, 0.1) is 0 Å². The van der Waals surface area contributed by atoms with Crippen LogP contribution < -0.4 is 4.90 Å². The van der Waals surface area contributed by atoms with Gasteiger partial charge >= 0.3 is 11.9 Å². The Balaban J connectivity index is 1.41. The molecule has 1 aliphatic heterocycles. The molecule has 0 unspecified atom stereocenters. The molecule has 0 saturated carbocycles. The topological polar surface area (TPSA) is 103 Å². The van der Waals surface area contributed by atoms with Gasteiger partial charge in [0.1, 0.15) is 6.61 Å². The normalized spacial score (nSPS) is 12.6. The van der Waals surface area contributed by atoms with Gasteiger partial charge in [0, 0.05) is 5.38 Å². The second-order valence-corrected chi connectivity index (χ2v) is 7.34. The monoisotopic (exact) mass is 436 g/mol. The van der Waals surface area contributed by atoms with E-state index in [2.05, 4.69) is 4.98 Å². The van der Waals surface area contributed by atoms with E-state index >= 15 is 0 Å². The number of hydrogen-bond acceptors (Lipinski definition) is 8. The average molecular weight is 436 g/mol. The van der Waals surface area contributed by atoms with E-state index in [1.165, 1.54) is 24.3 Å². The molecule has 2 aromatic carbocycles. The van der Waals surface area contributed by atoms with Crippen LogP contribution in [0.25, 0.3) is 0 Å². The van der Waals surface area contributed by atoms with Crippen molar-refractivity contribution >= 4 is 40.8 Å². The van der Waals surface area contributed by atoms with Gasteiger partial charge in [-0.1, -0.05) is 12.1 Å². The zero-order chi connectivity index (χ0) is 22.0. The molecular formula is C22H16N2O6S. The largest absolute Gasteiger partial charge is 0.461 e. The van der Waals surface area contributed by atoms with Gasteiger partial charge in [-0.25, -0.2) is 19.5 Å². The highest BCUT2D eigenvalue weighted by atomic mass is 32.1. The van der Waals surface area contributed by atoms with Crippen molar-refractivity contribution in [3.63, 3.8) is 0 Å². The van der Waals surface area contributed by atoms with E-state index < -0.39 is 23.8 Å². The van der Waals surface area contributed by atoms with Crippen molar-refractivity contribution in [3.05, 3.63) is 81.3 Å². The zero-order valence-electron chi connectivity index (χ0n) is 16.4. The number of fused-ring (bicyclic) bond motifs is 1. The molecule has 1 aromatic heterocycles. The highest BCUT2D eigenvalue weighted by molar-refractivity contribution is 7.11. The number of thiazole rings is 1. The smallest absolute Gasteiger partial charge is 0.367 e. The number of anilines is 1. The van der Waals surface area contributed by atoms with Crippen molar-refractivity contribution in [1.29, 1.82) is 0 Å². The van der Waals surface area contributed by atoms with Crippen molar-refractivity contribution in [2.24, 2.45) is 0 Å². The first kappa shape index (κ1) is 20.4. The molecule has 0 radical (unpaired) electrons. The van der Waals surface area contributed by atoms with E-state index in [4.69, 9.17) is 9.47 Å². The SMILES string of the molecule is CCOC(=O)c1nc(COC(=O)c2ccc(N3C(=O)c4ccccc4C3=O)cc2)cs1. The highest BCUT2D eigenvalue weighted by Gasteiger charge is 2.36. The van der Waals surface area contributed by atoms with Gasteiger partial charge in [-0.2, -0.15) is 0 Å². The Hall–Kier alpha value is -3.85. The van der Waals surface area contributed by atoms with Crippen LogP contribution in [-0.2, 0) is 16.1 Å². The summed E-state index contributed by atoms with van der Waals surface area (Å²) < 4.78 is 10.1. The van der Waals surface area contributed by atoms with Gasteiger partial charge < -0.3 is 9.47 Å². The summed E-state index contributed by atoms with van der Waals surface area (Å²) in [4.78, 5) is 54.2. The number of carbonyl (C=O) groups excluding carboxylic acids is 4. The summed E-state index contributed by atoms with van der Waals surface area (Å²) >= 11 is 1.11. The predicted octanol–water partition coefficient (Wildman–Crippen LogP) is 3.48. The number of hydrogen-bond donors (Lipinski definition) is 0. The lowest BCUT2D eigenvalue weighted by molar-refractivity contribution is 0.0468. The fourth-order valence-corrected chi connectivity index (χ4v) is 3.75. The molecule has 0 saturated heterocycles. The number of ether oxygens (including phenoxy) is 2. The van der Waals surface area contributed by atoms with Gasteiger partial charge in [0.15, 0.2) is 0 Å². The third-order valence-electron chi connectivity index (χ3n) is 4.51. The molecular weight excluding hydrogens is 420 g/mol. The van der Waals surface area contributed by atoms with Crippen LogP contribution >= 0.6 is 11.3 Å². The standard InChI is InChI=1S/C22H16N2O6S/c1-2-29-22(28)18-23-14(12-31-18)11-30-21(27)13-7-9-15(10-8-13)24-19(25)16-5-3-4-6-17(16)20(24)26/h3-10,12H,2,11H2,1H3. The lowest BCUT2D eigenvalue weighted by atomic mass is 10.1. The number of carbonyl (C=O) groups is 4. The molecule has 156 valence electrons. The summed E-state index contributed by atoms with van der Waals surface area (Å²) in [6, 6.07) is 12.6. The molecule has 0 spiro atoms. The lowest BCUT2D eigenvalue weighted by Crippen LogP contribution is -2.29. The molecule has 31 heavy (non-hydrogen) atoms. The molecule has 0 N–H and O–H groups in total. The van der Waals surface area contributed by atoms with Crippen molar-refractivity contribution < 1.29 is 28.7 Å². The summed E-state index contributed by atoms with van der Waals surface area (Å²) in [5, 5.41) is 1.81. The van der Waals surface area contributed by atoms with Gasteiger partial charge in [-0.15, -0.1) is 11.3 Å².